The summed E-state index contributed by atoms with van der Waals surface area (Å²) in [6.07, 6.45) is 1.01. The van der Waals surface area contributed by atoms with Crippen LogP contribution in [0.3, 0.4) is 0 Å². The fourth-order valence-electron chi connectivity index (χ4n) is 0.884. The summed E-state index contributed by atoms with van der Waals surface area (Å²) in [5.41, 5.74) is -1.68. The Morgan fingerprint density at radius 3 is 2.43 bits per heavy atom. The number of carbonyl (C=O) groups is 2. The van der Waals surface area contributed by atoms with Crippen molar-refractivity contribution in [3.05, 3.63) is 11.9 Å². The van der Waals surface area contributed by atoms with Crippen LogP contribution < -0.4 is 0 Å². The minimum absolute atomic E-state index is 0.252. The van der Waals surface area contributed by atoms with Gasteiger partial charge in [0.15, 0.2) is 11.2 Å². The highest BCUT2D eigenvalue weighted by Crippen LogP contribution is 2.15. The minimum Gasteiger partial charge on any atom is -0.479 e. The third kappa shape index (κ3) is 1.43. The number of hydrogen-bond donors (Lipinski definition) is 2. The predicted molar refractivity (Wildman–Crippen MR) is 43.9 cm³/mol. The second kappa shape index (κ2) is 3.09. The number of nitrogens with zero attached hydrogens (tertiary/aromatic N) is 3. The molecule has 1 aromatic heterocycles. The Hall–Kier alpha value is -1.92. The van der Waals surface area contributed by atoms with E-state index in [0.717, 1.165) is 10.9 Å². The van der Waals surface area contributed by atoms with Gasteiger partial charge in [0.2, 0.25) is 0 Å². The minimum atomic E-state index is -1.43. The number of aliphatic carboxylic acids is 1. The molecule has 0 saturated heterocycles. The Bertz CT molecular complexity index is 382. The average molecular weight is 199 g/mol. The Kier molecular flexibility index (Phi) is 2.24. The molecule has 76 valence electrons. The second-order valence-electron chi connectivity index (χ2n) is 3.20. The van der Waals surface area contributed by atoms with Gasteiger partial charge in [-0.2, -0.15) is 0 Å². The average Bonchev–Trinajstić information content (AvgIpc) is 2.51. The van der Waals surface area contributed by atoms with Crippen molar-refractivity contribution in [1.82, 2.24) is 15.0 Å². The molecule has 0 atom stereocenters. The van der Waals surface area contributed by atoms with Crippen molar-refractivity contribution in [2.75, 3.05) is 0 Å². The maximum atomic E-state index is 10.8. The molecule has 0 spiro atoms. The standard InChI is InChI=1S/C7H9N3O4/c1-7(2,6(13)14)10-4(5(11)12)3-8-9-10/h3H,1-2H3,(H,11,12)(H,13,14). The zero-order chi connectivity index (χ0) is 10.9. The molecule has 1 heterocycles. The van der Waals surface area contributed by atoms with Crippen molar-refractivity contribution in [2.45, 2.75) is 19.4 Å². The smallest absolute Gasteiger partial charge is 0.355 e. The van der Waals surface area contributed by atoms with Gasteiger partial charge in [-0.15, -0.1) is 5.10 Å². The van der Waals surface area contributed by atoms with Crippen LogP contribution >= 0.6 is 0 Å². The van der Waals surface area contributed by atoms with E-state index in [1.807, 2.05) is 0 Å². The molecular formula is C7H9N3O4. The highest BCUT2D eigenvalue weighted by atomic mass is 16.4. The van der Waals surface area contributed by atoms with Crippen molar-refractivity contribution in [3.63, 3.8) is 0 Å². The van der Waals surface area contributed by atoms with Crippen LogP contribution in [0, 0.1) is 0 Å². The lowest BCUT2D eigenvalue weighted by Gasteiger charge is -2.19. The summed E-state index contributed by atoms with van der Waals surface area (Å²) in [7, 11) is 0. The highest BCUT2D eigenvalue weighted by molar-refractivity contribution is 5.86. The van der Waals surface area contributed by atoms with Crippen LogP contribution in [-0.2, 0) is 10.3 Å². The van der Waals surface area contributed by atoms with Gasteiger partial charge < -0.3 is 10.2 Å². The molecule has 1 rings (SSSR count). The summed E-state index contributed by atoms with van der Waals surface area (Å²) in [5, 5.41) is 24.3. The summed E-state index contributed by atoms with van der Waals surface area (Å²) in [5.74, 6) is -2.44. The van der Waals surface area contributed by atoms with E-state index in [1.165, 1.54) is 13.8 Å². The van der Waals surface area contributed by atoms with Crippen LogP contribution in [0.2, 0.25) is 0 Å². The topological polar surface area (TPSA) is 105 Å². The van der Waals surface area contributed by atoms with Gasteiger partial charge in [-0.05, 0) is 13.8 Å². The first kappa shape index (κ1) is 10.2. The monoisotopic (exact) mass is 199 g/mol. The van der Waals surface area contributed by atoms with Crippen LogP contribution in [0.25, 0.3) is 0 Å². The van der Waals surface area contributed by atoms with Crippen LogP contribution in [-0.4, -0.2) is 37.1 Å². The van der Waals surface area contributed by atoms with E-state index in [-0.39, 0.29) is 5.69 Å². The molecule has 0 bridgehead atoms. The van der Waals surface area contributed by atoms with E-state index in [0.29, 0.717) is 0 Å². The number of carboxylic acids is 2. The molecule has 0 radical (unpaired) electrons. The molecule has 7 nitrogen and oxygen atoms in total. The molecule has 0 saturated carbocycles. The molecule has 0 aliphatic carbocycles. The van der Waals surface area contributed by atoms with Crippen molar-refractivity contribution in [2.24, 2.45) is 0 Å². The number of aromatic nitrogens is 3. The molecule has 0 aliphatic rings. The van der Waals surface area contributed by atoms with Gasteiger partial charge in [0, 0.05) is 0 Å². The van der Waals surface area contributed by atoms with Crippen molar-refractivity contribution < 1.29 is 19.8 Å². The highest BCUT2D eigenvalue weighted by Gasteiger charge is 2.34. The molecular weight excluding hydrogens is 190 g/mol. The maximum Gasteiger partial charge on any atom is 0.355 e. The van der Waals surface area contributed by atoms with Gasteiger partial charge in [0.05, 0.1) is 6.20 Å². The fourth-order valence-corrected chi connectivity index (χ4v) is 0.884. The first-order valence-electron chi connectivity index (χ1n) is 3.75. The van der Waals surface area contributed by atoms with Crippen LogP contribution in [0.4, 0.5) is 0 Å². The van der Waals surface area contributed by atoms with E-state index in [4.69, 9.17) is 10.2 Å². The summed E-state index contributed by atoms with van der Waals surface area (Å²) in [6.45, 7) is 2.69. The molecule has 0 amide bonds. The van der Waals surface area contributed by atoms with Gasteiger partial charge in [-0.25, -0.2) is 14.3 Å². The molecule has 0 fully saturated rings. The van der Waals surface area contributed by atoms with Gasteiger partial charge >= 0.3 is 11.9 Å². The summed E-state index contributed by atoms with van der Waals surface area (Å²) < 4.78 is 0.859. The summed E-state index contributed by atoms with van der Waals surface area (Å²) in [4.78, 5) is 21.5. The first-order chi connectivity index (χ1) is 6.37. The Morgan fingerprint density at radius 1 is 1.43 bits per heavy atom. The predicted octanol–water partition coefficient (Wildman–Crippen LogP) is -0.204. The zero-order valence-corrected chi connectivity index (χ0v) is 7.63. The van der Waals surface area contributed by atoms with Crippen LogP contribution in [0.1, 0.15) is 24.3 Å². The SMILES string of the molecule is CC(C)(C(=O)O)n1nncc1C(=O)O. The normalized spacial score (nSPS) is 11.3. The molecule has 7 heteroatoms. The lowest BCUT2D eigenvalue weighted by Crippen LogP contribution is -2.38. The van der Waals surface area contributed by atoms with E-state index < -0.39 is 17.5 Å². The molecule has 1 aromatic rings. The molecule has 0 aromatic carbocycles. The fraction of sp³-hybridized carbons (Fsp3) is 0.429. The summed E-state index contributed by atoms with van der Waals surface area (Å²) in [6, 6.07) is 0. The number of hydrogen-bond acceptors (Lipinski definition) is 4. The Morgan fingerprint density at radius 2 is 2.00 bits per heavy atom. The Labute approximate surface area is 79.0 Å². The molecule has 2 N–H and O–H groups in total. The lowest BCUT2D eigenvalue weighted by atomic mass is 10.1. The summed E-state index contributed by atoms with van der Waals surface area (Å²) >= 11 is 0. The van der Waals surface area contributed by atoms with E-state index in [9.17, 15) is 9.59 Å². The van der Waals surface area contributed by atoms with Crippen LogP contribution in [0.5, 0.6) is 0 Å². The number of aromatic carboxylic acids is 1. The van der Waals surface area contributed by atoms with Crippen molar-refractivity contribution in [3.8, 4) is 0 Å². The van der Waals surface area contributed by atoms with Gasteiger partial charge in [-0.1, -0.05) is 5.21 Å². The van der Waals surface area contributed by atoms with E-state index in [2.05, 4.69) is 10.3 Å². The second-order valence-corrected chi connectivity index (χ2v) is 3.20. The van der Waals surface area contributed by atoms with Gasteiger partial charge in [0.1, 0.15) is 0 Å². The van der Waals surface area contributed by atoms with Gasteiger partial charge in [0.25, 0.3) is 0 Å². The quantitative estimate of drug-likeness (QED) is 0.698. The number of carboxylic acid groups (broad SMARTS) is 2. The van der Waals surface area contributed by atoms with Crippen molar-refractivity contribution in [1.29, 1.82) is 0 Å². The number of rotatable bonds is 3. The lowest BCUT2D eigenvalue weighted by molar-refractivity contribution is -0.146. The Balaban J connectivity index is 3.25. The molecule has 0 unspecified atom stereocenters. The molecule has 0 aliphatic heterocycles. The largest absolute Gasteiger partial charge is 0.479 e. The zero-order valence-electron chi connectivity index (χ0n) is 7.63. The third-order valence-electron chi connectivity index (χ3n) is 1.82. The van der Waals surface area contributed by atoms with E-state index >= 15 is 0 Å². The first-order valence-corrected chi connectivity index (χ1v) is 3.75. The molecule has 14 heavy (non-hydrogen) atoms. The van der Waals surface area contributed by atoms with Crippen LogP contribution in [0.15, 0.2) is 6.20 Å². The van der Waals surface area contributed by atoms with Crippen molar-refractivity contribution >= 4 is 11.9 Å². The van der Waals surface area contributed by atoms with Gasteiger partial charge in [-0.3, -0.25) is 0 Å². The van der Waals surface area contributed by atoms with E-state index in [1.54, 1.807) is 0 Å². The maximum absolute atomic E-state index is 10.8. The third-order valence-corrected chi connectivity index (χ3v) is 1.82.